The zero-order valence-electron chi connectivity index (χ0n) is 16.2. The predicted octanol–water partition coefficient (Wildman–Crippen LogP) is 4.74. The first kappa shape index (κ1) is 19.8. The molecule has 2 aromatic carbocycles. The van der Waals surface area contributed by atoms with Gasteiger partial charge < -0.3 is 9.72 Å². The Balaban J connectivity index is 2.01. The molecule has 0 bridgehead atoms. The van der Waals surface area contributed by atoms with Crippen LogP contribution in [0.2, 0.25) is 0 Å². The van der Waals surface area contributed by atoms with Crippen molar-refractivity contribution in [3.05, 3.63) is 75.3 Å². The second-order valence-electron chi connectivity index (χ2n) is 7.50. The number of aromatic nitrogens is 2. The Morgan fingerprint density at radius 3 is 2.43 bits per heavy atom. The number of esters is 1. The highest BCUT2D eigenvalue weighted by Crippen LogP contribution is 2.25. The number of ether oxygens (including phenoxy) is 1. The maximum atomic E-state index is 12.4. The number of aromatic amines is 1. The summed E-state index contributed by atoms with van der Waals surface area (Å²) in [6, 6.07) is 12.6. The third kappa shape index (κ3) is 4.15. The molecule has 28 heavy (non-hydrogen) atoms. The van der Waals surface area contributed by atoms with Crippen molar-refractivity contribution in [3.63, 3.8) is 0 Å². The third-order valence-corrected chi connectivity index (χ3v) is 4.71. The topological polar surface area (TPSA) is 72.1 Å². The number of hydrogen-bond donors (Lipinski definition) is 1. The van der Waals surface area contributed by atoms with Gasteiger partial charge in [-0.25, -0.2) is 9.78 Å². The molecule has 0 aliphatic rings. The van der Waals surface area contributed by atoms with Gasteiger partial charge in [0.05, 0.1) is 28.6 Å². The monoisotopic (exact) mass is 396 g/mol. The van der Waals surface area contributed by atoms with Crippen molar-refractivity contribution in [2.75, 3.05) is 7.11 Å². The second-order valence-corrected chi connectivity index (χ2v) is 7.91. The summed E-state index contributed by atoms with van der Waals surface area (Å²) in [5.41, 5.74) is 2.53. The Labute approximate surface area is 168 Å². The van der Waals surface area contributed by atoms with Gasteiger partial charge in [0, 0.05) is 0 Å². The van der Waals surface area contributed by atoms with Crippen LogP contribution in [0.5, 0.6) is 0 Å². The van der Waals surface area contributed by atoms with E-state index in [-0.39, 0.29) is 16.8 Å². The van der Waals surface area contributed by atoms with Gasteiger partial charge in [0.2, 0.25) is 0 Å². The van der Waals surface area contributed by atoms with E-state index >= 15 is 0 Å². The van der Waals surface area contributed by atoms with E-state index in [2.05, 4.69) is 42.9 Å². The summed E-state index contributed by atoms with van der Waals surface area (Å²) in [7, 11) is 1.30. The Morgan fingerprint density at radius 1 is 1.14 bits per heavy atom. The van der Waals surface area contributed by atoms with Crippen molar-refractivity contribution in [1.29, 1.82) is 0 Å². The molecule has 0 spiro atoms. The standard InChI is InChI=1S/C22H21ClN2O3/c1-22(2,3)15-8-5-13(6-9-15)11-17(23)19-24-18-12-14(21(27)28-4)7-10-16(18)20(26)25-19/h5-12H,1-4H3,(H,24,25,26)/b17-11-. The van der Waals surface area contributed by atoms with Crippen molar-refractivity contribution < 1.29 is 9.53 Å². The molecule has 0 atom stereocenters. The van der Waals surface area contributed by atoms with Gasteiger partial charge in [0.15, 0.2) is 5.82 Å². The molecule has 6 heteroatoms. The number of nitrogens with zero attached hydrogens (tertiary/aromatic N) is 1. The number of methoxy groups -OCH3 is 1. The summed E-state index contributed by atoms with van der Waals surface area (Å²) in [6.45, 7) is 6.45. The third-order valence-electron chi connectivity index (χ3n) is 4.42. The van der Waals surface area contributed by atoms with E-state index in [1.807, 2.05) is 12.1 Å². The van der Waals surface area contributed by atoms with Crippen LogP contribution in [-0.2, 0) is 10.2 Å². The van der Waals surface area contributed by atoms with E-state index in [1.165, 1.54) is 24.8 Å². The van der Waals surface area contributed by atoms with Crippen LogP contribution in [-0.4, -0.2) is 23.0 Å². The summed E-state index contributed by atoms with van der Waals surface area (Å²) in [6.07, 6.45) is 1.74. The fraction of sp³-hybridized carbons (Fsp3) is 0.227. The molecular weight excluding hydrogens is 376 g/mol. The molecular formula is C22H21ClN2O3. The highest BCUT2D eigenvalue weighted by atomic mass is 35.5. The molecule has 1 heterocycles. The first-order valence-electron chi connectivity index (χ1n) is 8.79. The van der Waals surface area contributed by atoms with E-state index in [4.69, 9.17) is 16.3 Å². The van der Waals surface area contributed by atoms with Crippen LogP contribution >= 0.6 is 11.6 Å². The minimum absolute atomic E-state index is 0.0640. The van der Waals surface area contributed by atoms with Gasteiger partial charge in [-0.2, -0.15) is 0 Å². The molecule has 144 valence electrons. The average molecular weight is 397 g/mol. The van der Waals surface area contributed by atoms with Crippen molar-refractivity contribution in [3.8, 4) is 0 Å². The zero-order chi connectivity index (χ0) is 20.5. The smallest absolute Gasteiger partial charge is 0.337 e. The highest BCUT2D eigenvalue weighted by molar-refractivity contribution is 6.50. The quantitative estimate of drug-likeness (QED) is 0.649. The van der Waals surface area contributed by atoms with Gasteiger partial charge in [-0.15, -0.1) is 0 Å². The van der Waals surface area contributed by atoms with Crippen LogP contribution < -0.4 is 5.56 Å². The number of hydrogen-bond acceptors (Lipinski definition) is 4. The molecule has 0 unspecified atom stereocenters. The number of fused-ring (bicyclic) bond motifs is 1. The number of carbonyl (C=O) groups excluding carboxylic acids is 1. The summed E-state index contributed by atoms with van der Waals surface area (Å²) in [4.78, 5) is 31.2. The Morgan fingerprint density at radius 2 is 1.82 bits per heavy atom. The van der Waals surface area contributed by atoms with Crippen LogP contribution in [0, 0.1) is 0 Å². The lowest BCUT2D eigenvalue weighted by Crippen LogP contribution is -2.12. The number of H-pyrrole nitrogens is 1. The van der Waals surface area contributed by atoms with Crippen LogP contribution in [0.3, 0.4) is 0 Å². The maximum Gasteiger partial charge on any atom is 0.337 e. The van der Waals surface area contributed by atoms with Gasteiger partial charge >= 0.3 is 5.97 Å². The van der Waals surface area contributed by atoms with E-state index in [0.717, 1.165) is 5.56 Å². The number of halogens is 1. The van der Waals surface area contributed by atoms with Crippen molar-refractivity contribution >= 4 is 39.6 Å². The molecule has 0 aliphatic carbocycles. The zero-order valence-corrected chi connectivity index (χ0v) is 16.9. The molecule has 1 N–H and O–H groups in total. The Hall–Kier alpha value is -2.92. The molecule has 0 saturated heterocycles. The number of nitrogens with one attached hydrogen (secondary N) is 1. The Kier molecular flexibility index (Phi) is 5.38. The molecule has 0 aliphatic heterocycles. The summed E-state index contributed by atoms with van der Waals surface area (Å²) < 4.78 is 4.72. The molecule has 3 aromatic rings. The lowest BCUT2D eigenvalue weighted by Gasteiger charge is -2.18. The van der Waals surface area contributed by atoms with Gasteiger partial charge in [0.25, 0.3) is 5.56 Å². The minimum Gasteiger partial charge on any atom is -0.465 e. The lowest BCUT2D eigenvalue weighted by molar-refractivity contribution is 0.0601. The SMILES string of the molecule is COC(=O)c1ccc2c(=O)[nH]c(/C(Cl)=C/c3ccc(C(C)(C)C)cc3)nc2c1. The molecule has 1 aromatic heterocycles. The van der Waals surface area contributed by atoms with Crippen LogP contribution in [0.4, 0.5) is 0 Å². The van der Waals surface area contributed by atoms with Crippen LogP contribution in [0.25, 0.3) is 22.0 Å². The normalized spacial score (nSPS) is 12.2. The minimum atomic E-state index is -0.494. The average Bonchev–Trinajstić information content (AvgIpc) is 2.66. The summed E-state index contributed by atoms with van der Waals surface area (Å²) in [5, 5.41) is 0.668. The van der Waals surface area contributed by atoms with Crippen molar-refractivity contribution in [1.82, 2.24) is 9.97 Å². The Bertz CT molecular complexity index is 1120. The number of carbonyl (C=O) groups is 1. The fourth-order valence-corrected chi connectivity index (χ4v) is 3.01. The van der Waals surface area contributed by atoms with E-state index in [9.17, 15) is 9.59 Å². The van der Waals surface area contributed by atoms with Crippen LogP contribution in [0.1, 0.15) is 48.1 Å². The molecule has 0 amide bonds. The number of rotatable bonds is 3. The lowest BCUT2D eigenvalue weighted by atomic mass is 9.87. The maximum absolute atomic E-state index is 12.4. The van der Waals surface area contributed by atoms with Crippen molar-refractivity contribution in [2.45, 2.75) is 26.2 Å². The van der Waals surface area contributed by atoms with E-state index in [1.54, 1.807) is 12.1 Å². The van der Waals surface area contributed by atoms with Gasteiger partial charge in [-0.05, 0) is 40.8 Å². The highest BCUT2D eigenvalue weighted by Gasteiger charge is 2.13. The second kappa shape index (κ2) is 7.60. The first-order chi connectivity index (χ1) is 13.2. The van der Waals surface area contributed by atoms with E-state index < -0.39 is 5.97 Å². The largest absolute Gasteiger partial charge is 0.465 e. The fourth-order valence-electron chi connectivity index (χ4n) is 2.79. The van der Waals surface area contributed by atoms with Gasteiger partial charge in [-0.1, -0.05) is 56.6 Å². The molecule has 3 rings (SSSR count). The van der Waals surface area contributed by atoms with Gasteiger partial charge in [-0.3, -0.25) is 4.79 Å². The number of benzene rings is 2. The molecule has 0 fully saturated rings. The summed E-state index contributed by atoms with van der Waals surface area (Å²) >= 11 is 6.41. The summed E-state index contributed by atoms with van der Waals surface area (Å²) in [5.74, 6) is -0.257. The first-order valence-corrected chi connectivity index (χ1v) is 9.17. The van der Waals surface area contributed by atoms with Crippen molar-refractivity contribution in [2.24, 2.45) is 0 Å². The van der Waals surface area contributed by atoms with Crippen LogP contribution in [0.15, 0.2) is 47.3 Å². The molecule has 0 radical (unpaired) electrons. The molecule has 0 saturated carbocycles. The molecule has 5 nitrogen and oxygen atoms in total. The van der Waals surface area contributed by atoms with E-state index in [0.29, 0.717) is 21.5 Å². The van der Waals surface area contributed by atoms with Gasteiger partial charge in [0.1, 0.15) is 0 Å². The predicted molar refractivity (Wildman–Crippen MR) is 113 cm³/mol.